The smallest absolute Gasteiger partial charge is 0.329 e. The molecule has 0 fully saturated rings. The third-order valence-electron chi connectivity index (χ3n) is 4.23. The van der Waals surface area contributed by atoms with E-state index in [1.807, 2.05) is 12.1 Å². The fraction of sp³-hybridized carbons (Fsp3) is 0.0870. The van der Waals surface area contributed by atoms with E-state index in [2.05, 4.69) is 15.8 Å². The van der Waals surface area contributed by atoms with Gasteiger partial charge in [-0.1, -0.05) is 47.5 Å². The molecule has 3 aromatic rings. The van der Waals surface area contributed by atoms with E-state index in [4.69, 9.17) is 32.7 Å². The van der Waals surface area contributed by atoms with Gasteiger partial charge in [0.15, 0.2) is 0 Å². The zero-order valence-corrected chi connectivity index (χ0v) is 18.5. The number of nitrogens with zero attached hydrogens (tertiary/aromatic N) is 1. The van der Waals surface area contributed by atoms with Crippen molar-refractivity contribution in [3.8, 4) is 11.5 Å². The van der Waals surface area contributed by atoms with E-state index in [1.54, 1.807) is 61.7 Å². The maximum Gasteiger partial charge on any atom is 0.329 e. The van der Waals surface area contributed by atoms with Crippen LogP contribution in [0.2, 0.25) is 10.0 Å². The lowest BCUT2D eigenvalue weighted by atomic mass is 10.1. The summed E-state index contributed by atoms with van der Waals surface area (Å²) in [6, 6.07) is 19.0. The van der Waals surface area contributed by atoms with Crippen LogP contribution >= 0.6 is 23.2 Å². The minimum Gasteiger partial charge on any atom is -0.496 e. The highest BCUT2D eigenvalue weighted by Gasteiger charge is 2.14. The number of ether oxygens (including phenoxy) is 2. The number of amides is 2. The first-order valence-corrected chi connectivity index (χ1v) is 10.2. The van der Waals surface area contributed by atoms with Crippen molar-refractivity contribution >= 4 is 46.9 Å². The Bertz CT molecular complexity index is 1150. The molecule has 0 aliphatic heterocycles. The van der Waals surface area contributed by atoms with Crippen molar-refractivity contribution in [2.45, 2.75) is 6.61 Å². The molecule has 0 aliphatic rings. The molecule has 0 spiro atoms. The Hall–Kier alpha value is -3.55. The zero-order chi connectivity index (χ0) is 22.9. The molecule has 3 aromatic carbocycles. The minimum absolute atomic E-state index is 0.210. The second kappa shape index (κ2) is 11.2. The molecule has 0 heterocycles. The molecular weight excluding hydrogens is 453 g/mol. The van der Waals surface area contributed by atoms with Crippen molar-refractivity contribution in [2.75, 3.05) is 12.4 Å². The Kier molecular flexibility index (Phi) is 8.08. The lowest BCUT2D eigenvalue weighted by Gasteiger charge is -2.12. The molecule has 0 radical (unpaired) electrons. The van der Waals surface area contributed by atoms with Gasteiger partial charge in [0.2, 0.25) is 0 Å². The number of rotatable bonds is 7. The summed E-state index contributed by atoms with van der Waals surface area (Å²) in [5.74, 6) is -0.653. The lowest BCUT2D eigenvalue weighted by molar-refractivity contribution is -0.136. The molecule has 3 rings (SSSR count). The highest BCUT2D eigenvalue weighted by Crippen LogP contribution is 2.26. The number of hydrogen-bond donors (Lipinski definition) is 2. The van der Waals surface area contributed by atoms with Gasteiger partial charge >= 0.3 is 11.8 Å². The summed E-state index contributed by atoms with van der Waals surface area (Å²) in [6.07, 6.45) is 1.40. The second-order valence-corrected chi connectivity index (χ2v) is 7.24. The lowest BCUT2D eigenvalue weighted by Crippen LogP contribution is -2.32. The maximum atomic E-state index is 12.0. The number of anilines is 1. The number of methoxy groups -OCH3 is 1. The summed E-state index contributed by atoms with van der Waals surface area (Å²) in [5.41, 5.74) is 3.92. The van der Waals surface area contributed by atoms with Gasteiger partial charge in [-0.15, -0.1) is 0 Å². The molecule has 2 amide bonds. The first-order valence-electron chi connectivity index (χ1n) is 9.41. The van der Waals surface area contributed by atoms with Gasteiger partial charge in [0.25, 0.3) is 0 Å². The highest BCUT2D eigenvalue weighted by atomic mass is 35.5. The first-order chi connectivity index (χ1) is 15.5. The van der Waals surface area contributed by atoms with Gasteiger partial charge in [-0.3, -0.25) is 9.59 Å². The molecule has 164 valence electrons. The summed E-state index contributed by atoms with van der Waals surface area (Å²) in [7, 11) is 1.56. The van der Waals surface area contributed by atoms with Gasteiger partial charge in [0.1, 0.15) is 18.1 Å². The van der Waals surface area contributed by atoms with E-state index in [1.165, 1.54) is 6.21 Å². The molecule has 0 saturated carbocycles. The Morgan fingerprint density at radius 1 is 0.938 bits per heavy atom. The summed E-state index contributed by atoms with van der Waals surface area (Å²) in [5, 5.41) is 7.08. The number of hydrogen-bond acceptors (Lipinski definition) is 5. The number of carbonyl (C=O) groups is 2. The zero-order valence-electron chi connectivity index (χ0n) is 17.0. The van der Waals surface area contributed by atoms with E-state index in [0.29, 0.717) is 32.8 Å². The largest absolute Gasteiger partial charge is 0.496 e. The molecule has 9 heteroatoms. The van der Waals surface area contributed by atoms with Gasteiger partial charge in [0.05, 0.1) is 29.1 Å². The topological polar surface area (TPSA) is 89.0 Å². The standard InChI is InChI=1S/C23H19Cl2N3O4/c1-31-20-11-10-15(12-16(20)14-32-21-9-5-3-7-18(21)25)13-26-28-23(30)22(29)27-19-8-4-2-6-17(19)24/h2-13H,14H2,1H3,(H,27,29)(H,28,30). The van der Waals surface area contributed by atoms with Gasteiger partial charge in [-0.05, 0) is 48.0 Å². The van der Waals surface area contributed by atoms with Gasteiger partial charge < -0.3 is 14.8 Å². The molecule has 0 unspecified atom stereocenters. The Morgan fingerprint density at radius 3 is 2.38 bits per heavy atom. The van der Waals surface area contributed by atoms with E-state index in [0.717, 1.165) is 5.56 Å². The Labute approximate surface area is 194 Å². The minimum atomic E-state index is -0.933. The monoisotopic (exact) mass is 471 g/mol. The molecule has 0 aromatic heterocycles. The van der Waals surface area contributed by atoms with E-state index < -0.39 is 11.8 Å². The predicted octanol–water partition coefficient (Wildman–Crippen LogP) is 4.67. The van der Waals surface area contributed by atoms with Crippen molar-refractivity contribution in [3.05, 3.63) is 87.9 Å². The molecular formula is C23H19Cl2N3O4. The van der Waals surface area contributed by atoms with Crippen molar-refractivity contribution in [1.29, 1.82) is 0 Å². The molecule has 0 saturated heterocycles. The van der Waals surface area contributed by atoms with Crippen LogP contribution in [0.4, 0.5) is 5.69 Å². The molecule has 2 N–H and O–H groups in total. The van der Waals surface area contributed by atoms with Crippen LogP contribution in [0.5, 0.6) is 11.5 Å². The summed E-state index contributed by atoms with van der Waals surface area (Å²) < 4.78 is 11.1. The highest BCUT2D eigenvalue weighted by molar-refractivity contribution is 6.41. The fourth-order valence-corrected chi connectivity index (χ4v) is 3.04. The maximum absolute atomic E-state index is 12.0. The van der Waals surface area contributed by atoms with Crippen LogP contribution in [-0.4, -0.2) is 25.1 Å². The molecule has 0 bridgehead atoms. The van der Waals surface area contributed by atoms with Crippen LogP contribution in [0.25, 0.3) is 0 Å². The van der Waals surface area contributed by atoms with Crippen LogP contribution in [0.3, 0.4) is 0 Å². The number of para-hydroxylation sites is 2. The Balaban J connectivity index is 1.62. The quantitative estimate of drug-likeness (QED) is 0.297. The second-order valence-electron chi connectivity index (χ2n) is 6.42. The van der Waals surface area contributed by atoms with Gasteiger partial charge in [-0.2, -0.15) is 5.10 Å². The number of carbonyl (C=O) groups excluding carboxylic acids is 2. The van der Waals surface area contributed by atoms with Gasteiger partial charge in [-0.25, -0.2) is 5.43 Å². The molecule has 7 nitrogen and oxygen atoms in total. The summed E-state index contributed by atoms with van der Waals surface area (Å²) in [4.78, 5) is 24.0. The van der Waals surface area contributed by atoms with Crippen LogP contribution in [-0.2, 0) is 16.2 Å². The first kappa shape index (κ1) is 23.1. The van der Waals surface area contributed by atoms with Crippen molar-refractivity contribution in [1.82, 2.24) is 5.43 Å². The van der Waals surface area contributed by atoms with Crippen LogP contribution in [0, 0.1) is 0 Å². The van der Waals surface area contributed by atoms with Crippen molar-refractivity contribution in [2.24, 2.45) is 5.10 Å². The normalized spacial score (nSPS) is 10.6. The van der Waals surface area contributed by atoms with Gasteiger partial charge in [0, 0.05) is 5.56 Å². The van der Waals surface area contributed by atoms with Crippen LogP contribution in [0.15, 0.2) is 71.8 Å². The number of hydrazone groups is 1. The number of benzene rings is 3. The van der Waals surface area contributed by atoms with E-state index in [-0.39, 0.29) is 6.61 Å². The van der Waals surface area contributed by atoms with Crippen molar-refractivity contribution in [3.63, 3.8) is 0 Å². The van der Waals surface area contributed by atoms with Crippen LogP contribution in [0.1, 0.15) is 11.1 Å². The molecule has 0 atom stereocenters. The predicted molar refractivity (Wildman–Crippen MR) is 125 cm³/mol. The number of nitrogens with one attached hydrogen (secondary N) is 2. The average Bonchev–Trinajstić information content (AvgIpc) is 2.80. The van der Waals surface area contributed by atoms with Crippen molar-refractivity contribution < 1.29 is 19.1 Å². The molecule has 32 heavy (non-hydrogen) atoms. The average molecular weight is 472 g/mol. The summed E-state index contributed by atoms with van der Waals surface area (Å²) in [6.45, 7) is 0.210. The summed E-state index contributed by atoms with van der Waals surface area (Å²) >= 11 is 12.1. The fourth-order valence-electron chi connectivity index (χ4n) is 2.67. The van der Waals surface area contributed by atoms with Crippen LogP contribution < -0.4 is 20.2 Å². The molecule has 0 aliphatic carbocycles. The third-order valence-corrected chi connectivity index (χ3v) is 4.87. The Morgan fingerprint density at radius 2 is 1.66 bits per heavy atom. The van der Waals surface area contributed by atoms with E-state index in [9.17, 15) is 9.59 Å². The third kappa shape index (κ3) is 6.23. The van der Waals surface area contributed by atoms with E-state index >= 15 is 0 Å². The SMILES string of the molecule is COc1ccc(C=NNC(=O)C(=O)Nc2ccccc2Cl)cc1COc1ccccc1Cl. The number of halogens is 2.